The van der Waals surface area contributed by atoms with E-state index in [1.165, 1.54) is 0 Å². The fourth-order valence-corrected chi connectivity index (χ4v) is 1.77. The van der Waals surface area contributed by atoms with Crippen LogP contribution in [0.15, 0.2) is 0 Å². The largest absolute Gasteiger partial charge is 0.308 e. The Morgan fingerprint density at radius 2 is 2.10 bits per heavy atom. The van der Waals surface area contributed by atoms with E-state index >= 15 is 0 Å². The Hall–Kier alpha value is -0.180. The zero-order valence-electron chi connectivity index (χ0n) is 5.74. The third-order valence-electron chi connectivity index (χ3n) is 2.51. The van der Waals surface area contributed by atoms with Crippen LogP contribution in [0.25, 0.3) is 0 Å². The summed E-state index contributed by atoms with van der Waals surface area (Å²) in [6.45, 7) is 0.775. The maximum atomic E-state index is 12.6. The Morgan fingerprint density at radius 3 is 2.90 bits per heavy atom. The fourth-order valence-electron chi connectivity index (χ4n) is 1.77. The fraction of sp³-hybridized carbons (Fsp3) is 1.00. The van der Waals surface area contributed by atoms with E-state index in [-0.39, 0.29) is 5.92 Å². The van der Waals surface area contributed by atoms with Gasteiger partial charge in [-0.05, 0) is 19.4 Å². The van der Waals surface area contributed by atoms with Gasteiger partial charge in [0.25, 0.3) is 5.92 Å². The summed E-state index contributed by atoms with van der Waals surface area (Å²) in [5.74, 6) is -2.71. The lowest BCUT2D eigenvalue weighted by Gasteiger charge is -2.00. The molecule has 2 atom stereocenters. The van der Waals surface area contributed by atoms with E-state index in [2.05, 4.69) is 5.32 Å². The van der Waals surface area contributed by atoms with Crippen LogP contribution in [0, 0.1) is 5.92 Å². The molecule has 2 fully saturated rings. The SMILES string of the molecule is FC1(F)[C@H]2CCCCN[C@@H]21. The highest BCUT2D eigenvalue weighted by Gasteiger charge is 2.67. The van der Waals surface area contributed by atoms with Gasteiger partial charge in [0.2, 0.25) is 0 Å². The summed E-state index contributed by atoms with van der Waals surface area (Å²) in [7, 11) is 0. The van der Waals surface area contributed by atoms with E-state index in [0.717, 1.165) is 19.4 Å². The van der Waals surface area contributed by atoms with Crippen molar-refractivity contribution in [3.05, 3.63) is 0 Å². The normalized spacial score (nSPS) is 43.8. The molecule has 0 aromatic rings. The van der Waals surface area contributed by atoms with Gasteiger partial charge in [0.1, 0.15) is 0 Å². The standard InChI is InChI=1S/C7H11F2N/c8-7(9)5-3-1-2-4-10-6(5)7/h5-6,10H,1-4H2/t5-,6-/m0/s1. The smallest absolute Gasteiger partial charge is 0.268 e. The van der Waals surface area contributed by atoms with Crippen molar-refractivity contribution in [3.8, 4) is 0 Å². The van der Waals surface area contributed by atoms with E-state index in [4.69, 9.17) is 0 Å². The van der Waals surface area contributed by atoms with E-state index in [1.807, 2.05) is 0 Å². The number of halogens is 2. The lowest BCUT2D eigenvalue weighted by atomic mass is 10.2. The molecule has 3 heteroatoms. The van der Waals surface area contributed by atoms with Gasteiger partial charge >= 0.3 is 0 Å². The van der Waals surface area contributed by atoms with Crippen molar-refractivity contribution in [2.24, 2.45) is 5.92 Å². The van der Waals surface area contributed by atoms with E-state index < -0.39 is 12.0 Å². The number of rotatable bonds is 0. The van der Waals surface area contributed by atoms with Gasteiger partial charge in [-0.25, -0.2) is 8.78 Å². The van der Waals surface area contributed by atoms with Crippen molar-refractivity contribution in [1.29, 1.82) is 0 Å². The molecular formula is C7H11F2N. The zero-order valence-corrected chi connectivity index (χ0v) is 5.74. The molecule has 10 heavy (non-hydrogen) atoms. The van der Waals surface area contributed by atoms with Gasteiger partial charge in [-0.1, -0.05) is 6.42 Å². The van der Waals surface area contributed by atoms with Gasteiger partial charge in [0.05, 0.1) is 6.04 Å². The molecule has 0 spiro atoms. The summed E-state index contributed by atoms with van der Waals surface area (Å²) in [6.07, 6.45) is 2.73. The quantitative estimate of drug-likeness (QED) is 0.546. The van der Waals surface area contributed by atoms with Gasteiger partial charge in [-0.3, -0.25) is 0 Å². The molecule has 1 saturated carbocycles. The molecule has 0 radical (unpaired) electrons. The van der Waals surface area contributed by atoms with E-state index in [9.17, 15) is 8.78 Å². The average molecular weight is 147 g/mol. The number of hydrogen-bond donors (Lipinski definition) is 1. The maximum Gasteiger partial charge on any atom is 0.268 e. The van der Waals surface area contributed by atoms with Gasteiger partial charge in [0.15, 0.2) is 0 Å². The Kier molecular flexibility index (Phi) is 1.24. The number of hydrogen-bond acceptors (Lipinski definition) is 1. The van der Waals surface area contributed by atoms with Crippen LogP contribution in [0.3, 0.4) is 0 Å². The van der Waals surface area contributed by atoms with Crippen molar-refractivity contribution in [3.63, 3.8) is 0 Å². The molecular weight excluding hydrogens is 136 g/mol. The first-order valence-electron chi connectivity index (χ1n) is 3.84. The van der Waals surface area contributed by atoms with Crippen LogP contribution < -0.4 is 5.32 Å². The monoisotopic (exact) mass is 147 g/mol. The van der Waals surface area contributed by atoms with Crippen molar-refractivity contribution in [2.45, 2.75) is 31.2 Å². The molecule has 58 valence electrons. The predicted molar refractivity (Wildman–Crippen MR) is 34.1 cm³/mol. The molecule has 0 aromatic carbocycles. The first-order valence-corrected chi connectivity index (χ1v) is 3.84. The second-order valence-corrected chi connectivity index (χ2v) is 3.21. The Morgan fingerprint density at radius 1 is 1.30 bits per heavy atom. The second-order valence-electron chi connectivity index (χ2n) is 3.21. The van der Waals surface area contributed by atoms with Crippen molar-refractivity contribution in [2.75, 3.05) is 6.54 Å². The lowest BCUT2D eigenvalue weighted by molar-refractivity contribution is 0.0854. The van der Waals surface area contributed by atoms with Crippen LogP contribution >= 0.6 is 0 Å². The molecule has 0 bridgehead atoms. The highest BCUT2D eigenvalue weighted by molar-refractivity contribution is 5.11. The minimum atomic E-state index is -2.37. The molecule has 2 rings (SSSR count). The minimum Gasteiger partial charge on any atom is -0.308 e. The Bertz CT molecular complexity index is 133. The van der Waals surface area contributed by atoms with Crippen molar-refractivity contribution in [1.82, 2.24) is 5.32 Å². The summed E-state index contributed by atoms with van der Waals surface area (Å²) in [4.78, 5) is 0. The van der Waals surface area contributed by atoms with Crippen LogP contribution in [0.5, 0.6) is 0 Å². The van der Waals surface area contributed by atoms with Crippen molar-refractivity contribution >= 4 is 0 Å². The van der Waals surface area contributed by atoms with E-state index in [0.29, 0.717) is 6.42 Å². The summed E-state index contributed by atoms with van der Waals surface area (Å²) >= 11 is 0. The van der Waals surface area contributed by atoms with E-state index in [1.54, 1.807) is 0 Å². The molecule has 1 saturated heterocycles. The second kappa shape index (κ2) is 1.91. The average Bonchev–Trinajstić information content (AvgIpc) is 2.47. The highest BCUT2D eigenvalue weighted by Crippen LogP contribution is 2.52. The van der Waals surface area contributed by atoms with Crippen LogP contribution in [0.1, 0.15) is 19.3 Å². The molecule has 1 heterocycles. The molecule has 1 aliphatic carbocycles. The molecule has 2 aliphatic rings. The van der Waals surface area contributed by atoms with Gasteiger partial charge < -0.3 is 5.32 Å². The molecule has 1 nitrogen and oxygen atoms in total. The Balaban J connectivity index is 2.01. The molecule has 0 unspecified atom stereocenters. The maximum absolute atomic E-state index is 12.6. The third kappa shape index (κ3) is 0.764. The number of alkyl halides is 2. The van der Waals surface area contributed by atoms with Crippen LogP contribution in [-0.4, -0.2) is 18.5 Å². The number of fused-ring (bicyclic) bond motifs is 1. The van der Waals surface area contributed by atoms with Crippen LogP contribution in [-0.2, 0) is 0 Å². The zero-order chi connectivity index (χ0) is 7.19. The first-order chi connectivity index (χ1) is 4.73. The van der Waals surface area contributed by atoms with Gasteiger partial charge in [-0.2, -0.15) is 0 Å². The van der Waals surface area contributed by atoms with Gasteiger partial charge in [0, 0.05) is 5.92 Å². The lowest BCUT2D eigenvalue weighted by Crippen LogP contribution is -2.22. The molecule has 1 N–H and O–H groups in total. The summed E-state index contributed by atoms with van der Waals surface area (Å²) in [5, 5.41) is 2.86. The Labute approximate surface area is 58.8 Å². The number of nitrogens with one attached hydrogen (secondary N) is 1. The topological polar surface area (TPSA) is 12.0 Å². The summed E-state index contributed by atoms with van der Waals surface area (Å²) < 4.78 is 25.2. The first kappa shape index (κ1) is 6.53. The van der Waals surface area contributed by atoms with Crippen LogP contribution in [0.4, 0.5) is 8.78 Å². The third-order valence-corrected chi connectivity index (χ3v) is 2.51. The minimum absolute atomic E-state index is 0.338. The molecule has 0 amide bonds. The molecule has 1 aliphatic heterocycles. The van der Waals surface area contributed by atoms with Gasteiger partial charge in [-0.15, -0.1) is 0 Å². The molecule has 0 aromatic heterocycles. The summed E-state index contributed by atoms with van der Waals surface area (Å²) in [5.41, 5.74) is 0. The van der Waals surface area contributed by atoms with Crippen molar-refractivity contribution < 1.29 is 8.78 Å². The summed E-state index contributed by atoms with van der Waals surface area (Å²) in [6, 6.07) is -0.477. The predicted octanol–water partition coefficient (Wildman–Crippen LogP) is 1.39. The highest BCUT2D eigenvalue weighted by atomic mass is 19.3. The van der Waals surface area contributed by atoms with Crippen LogP contribution in [0.2, 0.25) is 0 Å².